The summed E-state index contributed by atoms with van der Waals surface area (Å²) >= 11 is 3.41. The zero-order valence-electron chi connectivity index (χ0n) is 13.8. The molecule has 1 aliphatic carbocycles. The minimum absolute atomic E-state index is 0.105. The van der Waals surface area contributed by atoms with Gasteiger partial charge >= 0.3 is 5.97 Å². The number of aromatic nitrogens is 1. The van der Waals surface area contributed by atoms with Crippen LogP contribution in [0.2, 0.25) is 0 Å². The second kappa shape index (κ2) is 7.07. The Kier molecular flexibility index (Phi) is 5.06. The SMILES string of the molecule is COC(=O)[C@]1(C)C[C@H](OCCOc2ccc3cc(Br)cnc3c2)C1. The third-order valence-electron chi connectivity index (χ3n) is 4.36. The van der Waals surface area contributed by atoms with Gasteiger partial charge in [0.2, 0.25) is 0 Å². The van der Waals surface area contributed by atoms with Gasteiger partial charge in [-0.1, -0.05) is 0 Å². The summed E-state index contributed by atoms with van der Waals surface area (Å²) < 4.78 is 17.2. The fourth-order valence-corrected chi connectivity index (χ4v) is 3.36. The normalized spacial score (nSPS) is 22.9. The smallest absolute Gasteiger partial charge is 0.311 e. The van der Waals surface area contributed by atoms with Gasteiger partial charge in [-0.05, 0) is 53.9 Å². The second-order valence-corrected chi connectivity index (χ2v) is 7.23. The third-order valence-corrected chi connectivity index (χ3v) is 4.80. The zero-order valence-corrected chi connectivity index (χ0v) is 15.3. The number of esters is 1. The first-order valence-corrected chi connectivity index (χ1v) is 8.68. The topological polar surface area (TPSA) is 57.7 Å². The van der Waals surface area contributed by atoms with Crippen LogP contribution in [0.4, 0.5) is 0 Å². The molecule has 6 heteroatoms. The Hall–Kier alpha value is -1.66. The molecule has 0 spiro atoms. The van der Waals surface area contributed by atoms with Crippen molar-refractivity contribution in [3.8, 4) is 5.75 Å². The molecule has 0 radical (unpaired) electrons. The lowest BCUT2D eigenvalue weighted by Crippen LogP contribution is -2.46. The lowest BCUT2D eigenvalue weighted by molar-refractivity contribution is -0.168. The van der Waals surface area contributed by atoms with Gasteiger partial charge in [0, 0.05) is 22.1 Å². The maximum Gasteiger partial charge on any atom is 0.311 e. The van der Waals surface area contributed by atoms with E-state index < -0.39 is 5.41 Å². The lowest BCUT2D eigenvalue weighted by Gasteiger charge is -2.42. The van der Waals surface area contributed by atoms with Crippen molar-refractivity contribution in [3.63, 3.8) is 0 Å². The maximum atomic E-state index is 11.6. The molecule has 5 nitrogen and oxygen atoms in total. The van der Waals surface area contributed by atoms with Gasteiger partial charge in [0.05, 0.1) is 30.8 Å². The number of nitrogens with zero attached hydrogens (tertiary/aromatic N) is 1. The molecule has 0 N–H and O–H groups in total. The molecule has 1 fully saturated rings. The summed E-state index contributed by atoms with van der Waals surface area (Å²) in [7, 11) is 1.42. The molecule has 0 aliphatic heterocycles. The molecular formula is C18H20BrNO4. The number of hydrogen-bond donors (Lipinski definition) is 0. The Bertz CT molecular complexity index is 743. The van der Waals surface area contributed by atoms with Crippen molar-refractivity contribution >= 4 is 32.8 Å². The number of hydrogen-bond acceptors (Lipinski definition) is 5. The Balaban J connectivity index is 1.43. The number of methoxy groups -OCH3 is 1. The maximum absolute atomic E-state index is 11.6. The predicted molar refractivity (Wildman–Crippen MR) is 94.0 cm³/mol. The van der Waals surface area contributed by atoms with Crippen molar-refractivity contribution in [2.45, 2.75) is 25.9 Å². The molecule has 1 heterocycles. The van der Waals surface area contributed by atoms with Gasteiger partial charge in [-0.2, -0.15) is 0 Å². The van der Waals surface area contributed by atoms with Gasteiger partial charge in [0.1, 0.15) is 12.4 Å². The molecule has 3 rings (SSSR count). The summed E-state index contributed by atoms with van der Waals surface area (Å²) in [4.78, 5) is 16.0. The van der Waals surface area contributed by atoms with E-state index in [1.165, 1.54) is 7.11 Å². The largest absolute Gasteiger partial charge is 0.491 e. The number of ether oxygens (including phenoxy) is 3. The minimum Gasteiger partial charge on any atom is -0.491 e. The molecule has 0 saturated heterocycles. The second-order valence-electron chi connectivity index (χ2n) is 6.31. The average molecular weight is 394 g/mol. The van der Waals surface area contributed by atoms with Crippen LogP contribution in [-0.4, -0.2) is 37.4 Å². The Labute approximate surface area is 149 Å². The molecule has 0 bridgehead atoms. The van der Waals surface area contributed by atoms with Crippen molar-refractivity contribution in [1.82, 2.24) is 4.98 Å². The molecule has 1 aromatic carbocycles. The fourth-order valence-electron chi connectivity index (χ4n) is 3.01. The third kappa shape index (κ3) is 3.70. The van der Waals surface area contributed by atoms with E-state index >= 15 is 0 Å². The summed E-state index contributed by atoms with van der Waals surface area (Å²) in [6, 6.07) is 7.84. The van der Waals surface area contributed by atoms with Crippen LogP contribution in [0, 0.1) is 5.41 Å². The molecule has 0 unspecified atom stereocenters. The van der Waals surface area contributed by atoms with Gasteiger partial charge in [-0.25, -0.2) is 0 Å². The Morgan fingerprint density at radius 2 is 2.12 bits per heavy atom. The van der Waals surface area contributed by atoms with Crippen LogP contribution in [0.3, 0.4) is 0 Å². The molecule has 0 amide bonds. The quantitative estimate of drug-likeness (QED) is 0.552. The summed E-state index contributed by atoms with van der Waals surface area (Å²) in [6.07, 6.45) is 3.28. The first-order chi connectivity index (χ1) is 11.5. The number of fused-ring (bicyclic) bond motifs is 1. The van der Waals surface area contributed by atoms with Crippen LogP contribution >= 0.6 is 15.9 Å². The van der Waals surface area contributed by atoms with Crippen LogP contribution in [0.25, 0.3) is 10.9 Å². The van der Waals surface area contributed by atoms with E-state index in [1.807, 2.05) is 31.2 Å². The highest BCUT2D eigenvalue weighted by Crippen LogP contribution is 2.43. The summed E-state index contributed by atoms with van der Waals surface area (Å²) in [5, 5.41) is 1.06. The lowest BCUT2D eigenvalue weighted by atomic mass is 9.68. The molecule has 1 aliphatic rings. The number of pyridine rings is 1. The van der Waals surface area contributed by atoms with Crippen molar-refractivity contribution < 1.29 is 19.0 Å². The van der Waals surface area contributed by atoms with Crippen molar-refractivity contribution in [2.24, 2.45) is 5.41 Å². The van der Waals surface area contributed by atoms with Crippen LogP contribution < -0.4 is 4.74 Å². The van der Waals surface area contributed by atoms with Gasteiger partial charge in [0.15, 0.2) is 0 Å². The average Bonchev–Trinajstić information content (AvgIpc) is 2.55. The number of halogens is 1. The highest BCUT2D eigenvalue weighted by molar-refractivity contribution is 9.10. The Morgan fingerprint density at radius 3 is 2.88 bits per heavy atom. The highest BCUT2D eigenvalue weighted by atomic mass is 79.9. The van der Waals surface area contributed by atoms with Crippen LogP contribution in [0.15, 0.2) is 34.9 Å². The zero-order chi connectivity index (χ0) is 17.2. The van der Waals surface area contributed by atoms with Crippen molar-refractivity contribution in [3.05, 3.63) is 34.9 Å². The first kappa shape index (κ1) is 17.2. The molecular weight excluding hydrogens is 374 g/mol. The van der Waals surface area contributed by atoms with Crippen LogP contribution in [-0.2, 0) is 14.3 Å². The first-order valence-electron chi connectivity index (χ1n) is 7.88. The number of carbonyl (C=O) groups excluding carboxylic acids is 1. The molecule has 0 atom stereocenters. The van der Waals surface area contributed by atoms with Crippen LogP contribution in [0.5, 0.6) is 5.75 Å². The van der Waals surface area contributed by atoms with Gasteiger partial charge in [-0.15, -0.1) is 0 Å². The van der Waals surface area contributed by atoms with Crippen molar-refractivity contribution in [2.75, 3.05) is 20.3 Å². The van der Waals surface area contributed by atoms with Crippen LogP contribution in [0.1, 0.15) is 19.8 Å². The minimum atomic E-state index is -0.390. The number of rotatable bonds is 6. The fraction of sp³-hybridized carbons (Fsp3) is 0.444. The van der Waals surface area contributed by atoms with E-state index in [1.54, 1.807) is 6.20 Å². The van der Waals surface area contributed by atoms with E-state index in [0.29, 0.717) is 26.1 Å². The summed E-state index contributed by atoms with van der Waals surface area (Å²) in [5.74, 6) is 0.614. The van der Waals surface area contributed by atoms with E-state index in [4.69, 9.17) is 14.2 Å². The van der Waals surface area contributed by atoms with E-state index in [-0.39, 0.29) is 12.1 Å². The molecule has 1 aromatic heterocycles. The van der Waals surface area contributed by atoms with Gasteiger partial charge in [-0.3, -0.25) is 9.78 Å². The standard InChI is InChI=1S/C18H20BrNO4/c1-18(17(21)22-2)9-15(10-18)24-6-5-23-14-4-3-12-7-13(19)11-20-16(12)8-14/h3-4,7-8,11,15H,5-6,9-10H2,1-2H3/t15-,18+. The van der Waals surface area contributed by atoms with Gasteiger partial charge in [0.25, 0.3) is 0 Å². The molecule has 2 aromatic rings. The van der Waals surface area contributed by atoms with E-state index in [0.717, 1.165) is 21.1 Å². The molecule has 128 valence electrons. The summed E-state index contributed by atoms with van der Waals surface area (Å²) in [5.41, 5.74) is 0.503. The van der Waals surface area contributed by atoms with Crippen molar-refractivity contribution in [1.29, 1.82) is 0 Å². The molecule has 24 heavy (non-hydrogen) atoms. The van der Waals surface area contributed by atoms with E-state index in [2.05, 4.69) is 20.9 Å². The monoisotopic (exact) mass is 393 g/mol. The van der Waals surface area contributed by atoms with E-state index in [9.17, 15) is 4.79 Å². The Morgan fingerprint density at radius 1 is 1.33 bits per heavy atom. The number of carbonyl (C=O) groups is 1. The number of benzene rings is 1. The van der Waals surface area contributed by atoms with Gasteiger partial charge < -0.3 is 14.2 Å². The highest BCUT2D eigenvalue weighted by Gasteiger charge is 2.47. The molecule has 1 saturated carbocycles. The predicted octanol–water partition coefficient (Wildman–Crippen LogP) is 3.73. The summed E-state index contributed by atoms with van der Waals surface area (Å²) in [6.45, 7) is 2.87.